The molecule has 1 unspecified atom stereocenters. The van der Waals surface area contributed by atoms with Gasteiger partial charge in [-0.25, -0.2) is 4.39 Å². The van der Waals surface area contributed by atoms with Gasteiger partial charge >= 0.3 is 0 Å². The summed E-state index contributed by atoms with van der Waals surface area (Å²) in [6, 6.07) is 12.2. The molecular formula is C24H31FN2O4. The molecule has 2 aromatic rings. The first-order valence-corrected chi connectivity index (χ1v) is 10.6. The molecule has 0 saturated carbocycles. The molecule has 1 atom stereocenters. The largest absolute Gasteiger partial charge is 0.493 e. The normalized spacial score (nSPS) is 15.8. The lowest BCUT2D eigenvalue weighted by Crippen LogP contribution is -2.39. The van der Waals surface area contributed by atoms with E-state index in [9.17, 15) is 9.18 Å². The fraction of sp³-hybridized carbons (Fsp3) is 0.458. The molecule has 1 amide bonds. The molecule has 1 aliphatic heterocycles. The number of ether oxygens (including phenoxy) is 3. The van der Waals surface area contributed by atoms with Crippen LogP contribution in [0.25, 0.3) is 0 Å². The van der Waals surface area contributed by atoms with E-state index in [1.165, 1.54) is 12.1 Å². The van der Waals surface area contributed by atoms with Gasteiger partial charge in [-0.1, -0.05) is 18.2 Å². The molecule has 6 nitrogen and oxygen atoms in total. The third-order valence-electron chi connectivity index (χ3n) is 5.41. The third-order valence-corrected chi connectivity index (χ3v) is 5.41. The zero-order chi connectivity index (χ0) is 22.1. The first-order chi connectivity index (χ1) is 15.1. The maximum atomic E-state index is 13.4. The second-order valence-corrected chi connectivity index (χ2v) is 7.79. The van der Waals surface area contributed by atoms with Gasteiger partial charge in [-0.3, -0.25) is 9.69 Å². The van der Waals surface area contributed by atoms with Gasteiger partial charge in [-0.05, 0) is 54.2 Å². The average Bonchev–Trinajstić information content (AvgIpc) is 3.29. The van der Waals surface area contributed by atoms with Gasteiger partial charge in [0.1, 0.15) is 12.4 Å². The molecule has 1 saturated heterocycles. The number of amides is 1. The van der Waals surface area contributed by atoms with Crippen molar-refractivity contribution in [2.75, 3.05) is 47.0 Å². The Morgan fingerprint density at radius 2 is 2.10 bits per heavy atom. The Hall–Kier alpha value is -2.64. The van der Waals surface area contributed by atoms with Crippen LogP contribution in [0.3, 0.4) is 0 Å². The smallest absolute Gasteiger partial charge is 0.233 e. The van der Waals surface area contributed by atoms with Crippen LogP contribution < -0.4 is 14.8 Å². The Kier molecular flexibility index (Phi) is 8.67. The van der Waals surface area contributed by atoms with Gasteiger partial charge in [0.25, 0.3) is 0 Å². The summed E-state index contributed by atoms with van der Waals surface area (Å²) in [5.41, 5.74) is 1.85. The number of rotatable bonds is 11. The highest BCUT2D eigenvalue weighted by Crippen LogP contribution is 2.29. The second-order valence-electron chi connectivity index (χ2n) is 7.79. The number of hydrogen-bond acceptors (Lipinski definition) is 5. The number of halogens is 1. The summed E-state index contributed by atoms with van der Waals surface area (Å²) in [5, 5.41) is 2.70. The summed E-state index contributed by atoms with van der Waals surface area (Å²) in [5.74, 6) is 1.45. The second kappa shape index (κ2) is 11.7. The van der Waals surface area contributed by atoms with E-state index in [1.54, 1.807) is 20.2 Å². The van der Waals surface area contributed by atoms with Crippen LogP contribution in [0.1, 0.15) is 17.5 Å². The molecule has 0 radical (unpaired) electrons. The zero-order valence-electron chi connectivity index (χ0n) is 18.2. The molecular weight excluding hydrogens is 399 g/mol. The van der Waals surface area contributed by atoms with Crippen LogP contribution in [0.15, 0.2) is 42.5 Å². The monoisotopic (exact) mass is 430 g/mol. The Morgan fingerprint density at radius 1 is 1.23 bits per heavy atom. The fourth-order valence-corrected chi connectivity index (χ4v) is 3.67. The first-order valence-electron chi connectivity index (χ1n) is 10.6. The summed E-state index contributed by atoms with van der Waals surface area (Å²) in [4.78, 5) is 14.1. The minimum atomic E-state index is -0.283. The average molecular weight is 431 g/mol. The fourth-order valence-electron chi connectivity index (χ4n) is 3.67. The lowest BCUT2D eigenvalue weighted by Gasteiger charge is -2.24. The van der Waals surface area contributed by atoms with Gasteiger partial charge in [-0.15, -0.1) is 0 Å². The number of methoxy groups -OCH3 is 1. The molecule has 168 valence electrons. The van der Waals surface area contributed by atoms with Crippen molar-refractivity contribution in [2.24, 2.45) is 5.92 Å². The van der Waals surface area contributed by atoms with E-state index in [2.05, 4.69) is 10.2 Å². The molecule has 1 aliphatic rings. The predicted molar refractivity (Wildman–Crippen MR) is 117 cm³/mol. The van der Waals surface area contributed by atoms with Crippen molar-refractivity contribution in [2.45, 2.75) is 19.4 Å². The summed E-state index contributed by atoms with van der Waals surface area (Å²) >= 11 is 0. The molecule has 1 heterocycles. The van der Waals surface area contributed by atoms with E-state index in [4.69, 9.17) is 14.2 Å². The minimum absolute atomic E-state index is 0.0117. The topological polar surface area (TPSA) is 60.0 Å². The molecule has 0 aromatic heterocycles. The van der Waals surface area contributed by atoms with Crippen molar-refractivity contribution in [3.8, 4) is 11.5 Å². The third kappa shape index (κ3) is 7.22. The van der Waals surface area contributed by atoms with Crippen LogP contribution in [-0.4, -0.2) is 57.8 Å². The highest BCUT2D eigenvalue weighted by atomic mass is 19.1. The van der Waals surface area contributed by atoms with Crippen LogP contribution in [0.2, 0.25) is 0 Å². The Labute approximate surface area is 183 Å². The number of carbonyl (C=O) groups excluding carboxylic acids is 1. The Balaban J connectivity index is 1.59. The van der Waals surface area contributed by atoms with Crippen molar-refractivity contribution in [1.29, 1.82) is 0 Å². The molecule has 0 bridgehead atoms. The Morgan fingerprint density at radius 3 is 2.81 bits per heavy atom. The van der Waals surface area contributed by atoms with Gasteiger partial charge in [0, 0.05) is 26.7 Å². The quantitative estimate of drug-likeness (QED) is 0.594. The summed E-state index contributed by atoms with van der Waals surface area (Å²) in [7, 11) is 3.26. The van der Waals surface area contributed by atoms with Crippen LogP contribution in [0.4, 0.5) is 4.39 Å². The molecule has 0 spiro atoms. The molecule has 3 rings (SSSR count). The van der Waals surface area contributed by atoms with Gasteiger partial charge < -0.3 is 19.5 Å². The summed E-state index contributed by atoms with van der Waals surface area (Å²) < 4.78 is 30.2. The van der Waals surface area contributed by atoms with Crippen LogP contribution in [0, 0.1) is 11.7 Å². The number of nitrogens with zero attached hydrogens (tertiary/aromatic N) is 1. The highest BCUT2D eigenvalue weighted by Gasteiger charge is 2.20. The number of benzene rings is 2. The van der Waals surface area contributed by atoms with Gasteiger partial charge in [-0.2, -0.15) is 0 Å². The number of nitrogens with one attached hydrogen (secondary N) is 1. The number of hydrogen-bond donors (Lipinski definition) is 1. The summed E-state index contributed by atoms with van der Waals surface area (Å²) in [6.45, 7) is 3.80. The van der Waals surface area contributed by atoms with E-state index < -0.39 is 0 Å². The minimum Gasteiger partial charge on any atom is -0.493 e. The molecule has 31 heavy (non-hydrogen) atoms. The molecule has 7 heteroatoms. The van der Waals surface area contributed by atoms with Crippen LogP contribution in [0.5, 0.6) is 11.5 Å². The van der Waals surface area contributed by atoms with Crippen molar-refractivity contribution in [3.63, 3.8) is 0 Å². The SMILES string of the molecule is CNC(=O)CN(CCc1ccc(OCc2cccc(F)c2)c(OC)c1)CC1CCOC1. The van der Waals surface area contributed by atoms with E-state index in [-0.39, 0.29) is 18.3 Å². The van der Waals surface area contributed by atoms with E-state index >= 15 is 0 Å². The number of carbonyl (C=O) groups is 1. The van der Waals surface area contributed by atoms with Crippen LogP contribution in [-0.2, 0) is 22.6 Å². The van der Waals surface area contributed by atoms with E-state index in [0.29, 0.717) is 24.0 Å². The van der Waals surface area contributed by atoms with Gasteiger partial charge in [0.05, 0.1) is 20.3 Å². The Bertz CT molecular complexity index is 855. The highest BCUT2D eigenvalue weighted by molar-refractivity contribution is 5.77. The predicted octanol–water partition coefficient (Wildman–Crippen LogP) is 3.04. The van der Waals surface area contributed by atoms with Crippen molar-refractivity contribution in [3.05, 3.63) is 59.4 Å². The molecule has 2 aromatic carbocycles. The van der Waals surface area contributed by atoms with Crippen molar-refractivity contribution < 1.29 is 23.4 Å². The van der Waals surface area contributed by atoms with Crippen molar-refractivity contribution >= 4 is 5.91 Å². The number of likely N-dealkylation sites (N-methyl/N-ethyl adjacent to an activating group) is 1. The van der Waals surface area contributed by atoms with Crippen molar-refractivity contribution in [1.82, 2.24) is 10.2 Å². The summed E-state index contributed by atoms with van der Waals surface area (Å²) in [6.07, 6.45) is 1.82. The first kappa shape index (κ1) is 23.0. The van der Waals surface area contributed by atoms with E-state index in [0.717, 1.165) is 50.3 Å². The standard InChI is InChI=1S/C24H31FN2O4/c1-26-24(28)15-27(14-20-9-11-30-16-20)10-8-18-6-7-22(23(13-18)29-2)31-17-19-4-3-5-21(25)12-19/h3-7,12-13,20H,8-11,14-17H2,1-2H3,(H,26,28). The zero-order valence-corrected chi connectivity index (χ0v) is 18.2. The van der Waals surface area contributed by atoms with Gasteiger partial charge in [0.2, 0.25) is 5.91 Å². The van der Waals surface area contributed by atoms with E-state index in [1.807, 2.05) is 24.3 Å². The lowest BCUT2D eigenvalue weighted by molar-refractivity contribution is -0.121. The molecule has 0 aliphatic carbocycles. The van der Waals surface area contributed by atoms with Gasteiger partial charge in [0.15, 0.2) is 11.5 Å². The molecule has 1 fully saturated rings. The maximum absolute atomic E-state index is 13.4. The molecule has 1 N–H and O–H groups in total. The van der Waals surface area contributed by atoms with Crippen LogP contribution >= 0.6 is 0 Å². The maximum Gasteiger partial charge on any atom is 0.233 e. The lowest BCUT2D eigenvalue weighted by atomic mass is 10.1.